The lowest BCUT2D eigenvalue weighted by molar-refractivity contribution is -0.132. The van der Waals surface area contributed by atoms with E-state index in [0.717, 1.165) is 37.3 Å². The van der Waals surface area contributed by atoms with Gasteiger partial charge in [0.05, 0.1) is 0 Å². The van der Waals surface area contributed by atoms with Crippen molar-refractivity contribution in [2.75, 3.05) is 39.8 Å². The highest BCUT2D eigenvalue weighted by molar-refractivity contribution is 5.95. The fourth-order valence-electron chi connectivity index (χ4n) is 2.54. The van der Waals surface area contributed by atoms with Crippen LogP contribution in [0.4, 0.5) is 0 Å². The highest BCUT2D eigenvalue weighted by atomic mass is 16.2. The third-order valence-corrected chi connectivity index (χ3v) is 4.07. The molecular weight excluding hydrogens is 290 g/mol. The summed E-state index contributed by atoms with van der Waals surface area (Å²) in [5.74, 6) is -0.0420. The molecule has 1 N–H and O–H groups in total. The molecule has 5 heteroatoms. The highest BCUT2D eigenvalue weighted by Crippen LogP contribution is 2.12. The molecule has 1 aromatic rings. The van der Waals surface area contributed by atoms with Crippen LogP contribution in [0.3, 0.4) is 0 Å². The van der Waals surface area contributed by atoms with Crippen molar-refractivity contribution >= 4 is 17.4 Å². The summed E-state index contributed by atoms with van der Waals surface area (Å²) in [5, 5.41) is 2.79. The fourth-order valence-corrected chi connectivity index (χ4v) is 2.54. The number of hydrogen-bond donors (Lipinski definition) is 1. The number of carbonyl (C=O) groups is 2. The largest absolute Gasteiger partial charge is 0.352 e. The number of carbonyl (C=O) groups excluding carboxylic acids is 2. The van der Waals surface area contributed by atoms with Gasteiger partial charge in [0, 0.05) is 45.2 Å². The van der Waals surface area contributed by atoms with E-state index in [4.69, 9.17) is 0 Å². The molecule has 0 aromatic heterocycles. The third kappa shape index (κ3) is 5.53. The molecule has 0 bridgehead atoms. The molecule has 1 aromatic carbocycles. The normalized spacial score (nSPS) is 16.3. The van der Waals surface area contributed by atoms with Crippen molar-refractivity contribution in [2.45, 2.75) is 13.3 Å². The van der Waals surface area contributed by atoms with Crippen molar-refractivity contribution in [3.05, 3.63) is 42.0 Å². The molecule has 1 fully saturated rings. The Balaban J connectivity index is 1.73. The van der Waals surface area contributed by atoms with Crippen molar-refractivity contribution < 1.29 is 9.59 Å². The first kappa shape index (κ1) is 17.2. The van der Waals surface area contributed by atoms with Crippen LogP contribution in [0.1, 0.15) is 18.9 Å². The minimum Gasteiger partial charge on any atom is -0.352 e. The molecule has 0 unspecified atom stereocenters. The Morgan fingerprint density at radius 2 is 1.78 bits per heavy atom. The first-order chi connectivity index (χ1) is 11.1. The van der Waals surface area contributed by atoms with Crippen LogP contribution in [-0.4, -0.2) is 61.4 Å². The summed E-state index contributed by atoms with van der Waals surface area (Å²) in [6.45, 7) is 5.66. The Labute approximate surface area is 138 Å². The molecule has 2 amide bonds. The molecule has 23 heavy (non-hydrogen) atoms. The molecule has 0 spiro atoms. The minimum absolute atomic E-state index is 0.113. The van der Waals surface area contributed by atoms with Crippen molar-refractivity contribution in [3.8, 4) is 0 Å². The number of amides is 2. The molecular formula is C18H25N3O2. The van der Waals surface area contributed by atoms with Gasteiger partial charge in [0.1, 0.15) is 0 Å². The van der Waals surface area contributed by atoms with Crippen LogP contribution < -0.4 is 5.32 Å². The molecule has 5 nitrogen and oxygen atoms in total. The van der Waals surface area contributed by atoms with Gasteiger partial charge in [-0.2, -0.15) is 0 Å². The number of hydrogen-bond acceptors (Lipinski definition) is 3. The Morgan fingerprint density at radius 3 is 2.43 bits per heavy atom. The Kier molecular flexibility index (Phi) is 6.35. The highest BCUT2D eigenvalue weighted by Gasteiger charge is 2.18. The average Bonchev–Trinajstić information content (AvgIpc) is 2.56. The topological polar surface area (TPSA) is 52.7 Å². The summed E-state index contributed by atoms with van der Waals surface area (Å²) in [5.41, 5.74) is 1.93. The summed E-state index contributed by atoms with van der Waals surface area (Å²) < 4.78 is 0. The van der Waals surface area contributed by atoms with E-state index in [1.165, 1.54) is 0 Å². The molecule has 0 saturated carbocycles. The zero-order valence-electron chi connectivity index (χ0n) is 13.9. The maximum absolute atomic E-state index is 12.1. The fraction of sp³-hybridized carbons (Fsp3) is 0.444. The lowest BCUT2D eigenvalue weighted by Crippen LogP contribution is -2.47. The number of piperazine rings is 1. The van der Waals surface area contributed by atoms with Crippen LogP contribution in [0.15, 0.2) is 36.4 Å². The Morgan fingerprint density at radius 1 is 1.13 bits per heavy atom. The average molecular weight is 315 g/mol. The molecule has 1 aliphatic heterocycles. The van der Waals surface area contributed by atoms with Gasteiger partial charge in [-0.1, -0.05) is 30.3 Å². The van der Waals surface area contributed by atoms with Crippen LogP contribution in [0.25, 0.3) is 5.57 Å². The monoisotopic (exact) mass is 315 g/mol. The Hall–Kier alpha value is -2.14. The standard InChI is InChI=1S/C18H25N3O2/c1-15(16-6-4-3-5-7-16)14-17(22)19-9-8-18(23)21-12-10-20(2)11-13-21/h3-7,14H,8-13H2,1-2H3,(H,19,22)/b15-14+. The zero-order valence-corrected chi connectivity index (χ0v) is 13.9. The molecule has 1 aliphatic rings. The second-order valence-electron chi connectivity index (χ2n) is 5.92. The van der Waals surface area contributed by atoms with Crippen LogP contribution >= 0.6 is 0 Å². The van der Waals surface area contributed by atoms with E-state index in [9.17, 15) is 9.59 Å². The second kappa shape index (κ2) is 8.48. The first-order valence-electron chi connectivity index (χ1n) is 8.04. The number of nitrogens with one attached hydrogen (secondary N) is 1. The van der Waals surface area contributed by atoms with E-state index in [1.54, 1.807) is 6.08 Å². The molecule has 0 aliphatic carbocycles. The maximum atomic E-state index is 12.1. The van der Waals surface area contributed by atoms with E-state index in [0.29, 0.717) is 13.0 Å². The number of nitrogens with zero attached hydrogens (tertiary/aromatic N) is 2. The molecule has 0 radical (unpaired) electrons. The van der Waals surface area contributed by atoms with Crippen molar-refractivity contribution in [2.24, 2.45) is 0 Å². The number of allylic oxidation sites excluding steroid dienone is 1. The Bertz CT molecular complexity index is 561. The predicted octanol–water partition coefficient (Wildman–Crippen LogP) is 1.37. The zero-order chi connectivity index (χ0) is 16.7. The van der Waals surface area contributed by atoms with Crippen LogP contribution in [0.5, 0.6) is 0 Å². The van der Waals surface area contributed by atoms with Gasteiger partial charge >= 0.3 is 0 Å². The predicted molar refractivity (Wildman–Crippen MR) is 91.8 cm³/mol. The second-order valence-corrected chi connectivity index (χ2v) is 5.92. The van der Waals surface area contributed by atoms with E-state index in [1.807, 2.05) is 42.2 Å². The van der Waals surface area contributed by atoms with E-state index in [-0.39, 0.29) is 11.8 Å². The molecule has 2 rings (SSSR count). The van der Waals surface area contributed by atoms with Gasteiger partial charge in [-0.15, -0.1) is 0 Å². The van der Waals surface area contributed by atoms with Gasteiger partial charge in [0.15, 0.2) is 0 Å². The third-order valence-electron chi connectivity index (χ3n) is 4.07. The molecule has 1 saturated heterocycles. The molecule has 0 atom stereocenters. The number of likely N-dealkylation sites (N-methyl/N-ethyl adjacent to an activating group) is 1. The molecule has 1 heterocycles. The van der Waals surface area contributed by atoms with Crippen molar-refractivity contribution in [1.29, 1.82) is 0 Å². The molecule has 124 valence electrons. The van der Waals surface area contributed by atoms with E-state index in [2.05, 4.69) is 17.3 Å². The van der Waals surface area contributed by atoms with Crippen LogP contribution in [0, 0.1) is 0 Å². The van der Waals surface area contributed by atoms with E-state index < -0.39 is 0 Å². The van der Waals surface area contributed by atoms with Crippen molar-refractivity contribution in [3.63, 3.8) is 0 Å². The number of rotatable bonds is 5. The van der Waals surface area contributed by atoms with Gasteiger partial charge in [0.25, 0.3) is 0 Å². The van der Waals surface area contributed by atoms with Crippen LogP contribution in [-0.2, 0) is 9.59 Å². The lowest BCUT2D eigenvalue weighted by atomic mass is 10.1. The lowest BCUT2D eigenvalue weighted by Gasteiger charge is -2.32. The first-order valence-corrected chi connectivity index (χ1v) is 8.04. The van der Waals surface area contributed by atoms with Crippen molar-refractivity contribution in [1.82, 2.24) is 15.1 Å². The summed E-state index contributed by atoms with van der Waals surface area (Å²) in [6, 6.07) is 9.77. The maximum Gasteiger partial charge on any atom is 0.244 e. The minimum atomic E-state index is -0.155. The van der Waals surface area contributed by atoms with Gasteiger partial charge < -0.3 is 15.1 Å². The summed E-state index contributed by atoms with van der Waals surface area (Å²) in [4.78, 5) is 28.1. The van der Waals surface area contributed by atoms with E-state index >= 15 is 0 Å². The smallest absolute Gasteiger partial charge is 0.244 e. The SMILES string of the molecule is C/C(=C\C(=O)NCCC(=O)N1CCN(C)CC1)c1ccccc1. The summed E-state index contributed by atoms with van der Waals surface area (Å²) in [7, 11) is 2.06. The quantitative estimate of drug-likeness (QED) is 0.835. The summed E-state index contributed by atoms with van der Waals surface area (Å²) in [6.07, 6.45) is 1.93. The summed E-state index contributed by atoms with van der Waals surface area (Å²) >= 11 is 0. The van der Waals surface area contributed by atoms with Crippen LogP contribution in [0.2, 0.25) is 0 Å². The van der Waals surface area contributed by atoms with Gasteiger partial charge in [0.2, 0.25) is 11.8 Å². The van der Waals surface area contributed by atoms with Gasteiger partial charge in [-0.05, 0) is 25.1 Å². The van der Waals surface area contributed by atoms with Gasteiger partial charge in [-0.25, -0.2) is 0 Å². The van der Waals surface area contributed by atoms with Gasteiger partial charge in [-0.3, -0.25) is 9.59 Å². The number of benzene rings is 1.